The van der Waals surface area contributed by atoms with Crippen LogP contribution in [0.5, 0.6) is 0 Å². The van der Waals surface area contributed by atoms with E-state index in [0.29, 0.717) is 16.9 Å². The molecule has 0 radical (unpaired) electrons. The molecule has 0 aromatic heterocycles. The molecule has 1 saturated carbocycles. The van der Waals surface area contributed by atoms with E-state index in [9.17, 15) is 4.79 Å². The Bertz CT molecular complexity index is 283. The van der Waals surface area contributed by atoms with Gasteiger partial charge in [0.15, 0.2) is 0 Å². The Labute approximate surface area is 108 Å². The zero-order chi connectivity index (χ0) is 12.7. The summed E-state index contributed by atoms with van der Waals surface area (Å²) in [5.41, 5.74) is 0.416. The van der Waals surface area contributed by atoms with Crippen LogP contribution < -0.4 is 5.32 Å². The van der Waals surface area contributed by atoms with Crippen molar-refractivity contribution in [3.8, 4) is 0 Å². The van der Waals surface area contributed by atoms with Crippen molar-refractivity contribution in [3.05, 3.63) is 11.6 Å². The van der Waals surface area contributed by atoms with Crippen molar-refractivity contribution in [2.45, 2.75) is 43.8 Å². The first-order chi connectivity index (χ1) is 8.09. The summed E-state index contributed by atoms with van der Waals surface area (Å²) in [5.74, 6) is -0.830. The summed E-state index contributed by atoms with van der Waals surface area (Å²) in [7, 11) is 0. The lowest BCUT2D eigenvalue weighted by molar-refractivity contribution is -0.132. The first kappa shape index (κ1) is 14.6. The molecule has 2 N–H and O–H groups in total. The van der Waals surface area contributed by atoms with Crippen LogP contribution in [0.4, 0.5) is 0 Å². The van der Waals surface area contributed by atoms with Crippen LogP contribution in [0.15, 0.2) is 11.6 Å². The van der Waals surface area contributed by atoms with Gasteiger partial charge in [-0.2, -0.15) is 11.8 Å². The third-order valence-electron chi connectivity index (χ3n) is 3.53. The zero-order valence-corrected chi connectivity index (χ0v) is 11.6. The van der Waals surface area contributed by atoms with E-state index in [2.05, 4.69) is 11.6 Å². The molecular weight excluding hydrogens is 234 g/mol. The van der Waals surface area contributed by atoms with E-state index in [-0.39, 0.29) is 0 Å². The van der Waals surface area contributed by atoms with E-state index < -0.39 is 5.97 Å². The number of nitrogens with one attached hydrogen (secondary N) is 1. The molecule has 3 nitrogen and oxygen atoms in total. The topological polar surface area (TPSA) is 49.3 Å². The Morgan fingerprint density at radius 1 is 1.41 bits per heavy atom. The largest absolute Gasteiger partial charge is 0.478 e. The van der Waals surface area contributed by atoms with E-state index in [1.807, 2.05) is 11.8 Å². The predicted octanol–water partition coefficient (Wildman–Crippen LogP) is 2.67. The van der Waals surface area contributed by atoms with Crippen molar-refractivity contribution in [2.24, 2.45) is 0 Å². The second kappa shape index (κ2) is 7.07. The van der Waals surface area contributed by atoms with Crippen molar-refractivity contribution < 1.29 is 9.90 Å². The lowest BCUT2D eigenvalue weighted by Gasteiger charge is -2.35. The van der Waals surface area contributed by atoms with Gasteiger partial charge in [0.05, 0.1) is 0 Å². The van der Waals surface area contributed by atoms with E-state index >= 15 is 0 Å². The molecule has 1 rings (SSSR count). The summed E-state index contributed by atoms with van der Waals surface area (Å²) in [6.45, 7) is 3.27. The maximum absolute atomic E-state index is 10.6. The Morgan fingerprint density at radius 3 is 2.59 bits per heavy atom. The van der Waals surface area contributed by atoms with Crippen molar-refractivity contribution in [1.29, 1.82) is 0 Å². The van der Waals surface area contributed by atoms with Crippen LogP contribution in [0.25, 0.3) is 0 Å². The van der Waals surface area contributed by atoms with E-state index in [1.54, 1.807) is 13.0 Å². The van der Waals surface area contributed by atoms with Crippen molar-refractivity contribution in [2.75, 3.05) is 19.3 Å². The molecule has 1 aliphatic rings. The minimum atomic E-state index is -0.830. The summed E-state index contributed by atoms with van der Waals surface area (Å²) in [5, 5.41) is 12.1. The number of carboxylic acids is 1. The molecule has 0 aromatic rings. The van der Waals surface area contributed by atoms with Gasteiger partial charge < -0.3 is 10.4 Å². The molecule has 1 aliphatic carbocycles. The number of carboxylic acid groups (broad SMARTS) is 1. The number of thioether (sulfide) groups is 1. The van der Waals surface area contributed by atoms with Crippen LogP contribution in [0, 0.1) is 0 Å². The normalized spacial score (nSPS) is 20.2. The monoisotopic (exact) mass is 257 g/mol. The van der Waals surface area contributed by atoms with Gasteiger partial charge >= 0.3 is 5.97 Å². The van der Waals surface area contributed by atoms with Gasteiger partial charge in [0.1, 0.15) is 0 Å². The van der Waals surface area contributed by atoms with E-state index in [4.69, 9.17) is 5.11 Å². The van der Waals surface area contributed by atoms with Crippen LogP contribution >= 0.6 is 11.8 Å². The summed E-state index contributed by atoms with van der Waals surface area (Å²) in [4.78, 5) is 10.6. The number of aliphatic carboxylic acids is 1. The molecule has 0 bridgehead atoms. The fourth-order valence-electron chi connectivity index (χ4n) is 2.26. The average Bonchev–Trinajstić information content (AvgIpc) is 2.35. The van der Waals surface area contributed by atoms with Crippen molar-refractivity contribution in [3.63, 3.8) is 0 Å². The second-order valence-corrected chi connectivity index (χ2v) is 6.05. The number of hydrogen-bond donors (Lipinski definition) is 2. The highest BCUT2D eigenvalue weighted by atomic mass is 32.2. The van der Waals surface area contributed by atoms with Gasteiger partial charge in [-0.05, 0) is 26.0 Å². The fourth-order valence-corrected chi connectivity index (χ4v) is 3.21. The molecule has 98 valence electrons. The molecule has 4 heteroatoms. The highest BCUT2D eigenvalue weighted by Gasteiger charge is 2.30. The maximum Gasteiger partial charge on any atom is 0.330 e. The molecule has 0 aliphatic heterocycles. The Kier molecular flexibility index (Phi) is 6.06. The summed E-state index contributed by atoms with van der Waals surface area (Å²) < 4.78 is 0.378. The molecule has 1 fully saturated rings. The van der Waals surface area contributed by atoms with Crippen LogP contribution in [0.3, 0.4) is 0 Å². The minimum absolute atomic E-state index is 0.378. The van der Waals surface area contributed by atoms with E-state index in [1.165, 1.54) is 32.1 Å². The smallest absolute Gasteiger partial charge is 0.330 e. The molecule has 0 atom stereocenters. The number of carbonyl (C=O) groups is 1. The lowest BCUT2D eigenvalue weighted by Crippen LogP contribution is -2.39. The highest BCUT2D eigenvalue weighted by Crippen LogP contribution is 2.37. The van der Waals surface area contributed by atoms with Gasteiger partial charge in [-0.25, -0.2) is 4.79 Å². The van der Waals surface area contributed by atoms with Crippen LogP contribution in [0.1, 0.15) is 39.0 Å². The second-order valence-electron chi connectivity index (χ2n) is 4.77. The predicted molar refractivity (Wildman–Crippen MR) is 73.6 cm³/mol. The van der Waals surface area contributed by atoms with Gasteiger partial charge in [-0.3, -0.25) is 0 Å². The van der Waals surface area contributed by atoms with Gasteiger partial charge in [0.2, 0.25) is 0 Å². The standard InChI is InChI=1S/C13H23NO2S/c1-11(12(15)16)6-9-14-10-13(17-2)7-4-3-5-8-13/h6,14H,3-5,7-10H2,1-2H3,(H,15,16)/b11-6-. The molecule has 17 heavy (non-hydrogen) atoms. The van der Waals surface area contributed by atoms with E-state index in [0.717, 1.165) is 6.54 Å². The third-order valence-corrected chi connectivity index (χ3v) is 4.95. The highest BCUT2D eigenvalue weighted by molar-refractivity contribution is 8.00. The van der Waals surface area contributed by atoms with Crippen LogP contribution in [-0.2, 0) is 4.79 Å². The number of rotatable bonds is 6. The Hall–Kier alpha value is -0.480. The molecular formula is C13H23NO2S. The Morgan fingerprint density at radius 2 is 2.06 bits per heavy atom. The fraction of sp³-hybridized carbons (Fsp3) is 0.769. The maximum atomic E-state index is 10.6. The molecule has 0 spiro atoms. The zero-order valence-electron chi connectivity index (χ0n) is 10.8. The van der Waals surface area contributed by atoms with Crippen LogP contribution in [0.2, 0.25) is 0 Å². The minimum Gasteiger partial charge on any atom is -0.478 e. The molecule has 0 amide bonds. The summed E-state index contributed by atoms with van der Waals surface area (Å²) >= 11 is 1.96. The molecule has 0 aromatic carbocycles. The third kappa shape index (κ3) is 4.72. The molecule has 0 saturated heterocycles. The summed E-state index contributed by atoms with van der Waals surface area (Å²) in [6.07, 6.45) is 10.5. The lowest BCUT2D eigenvalue weighted by atomic mass is 9.88. The summed E-state index contributed by atoms with van der Waals surface area (Å²) in [6, 6.07) is 0. The Balaban J connectivity index is 2.33. The van der Waals surface area contributed by atoms with Gasteiger partial charge in [-0.1, -0.05) is 25.3 Å². The quantitative estimate of drug-likeness (QED) is 0.567. The van der Waals surface area contributed by atoms with Gasteiger partial charge in [0, 0.05) is 23.4 Å². The van der Waals surface area contributed by atoms with Gasteiger partial charge in [0.25, 0.3) is 0 Å². The van der Waals surface area contributed by atoms with Crippen LogP contribution in [-0.4, -0.2) is 35.2 Å². The first-order valence-corrected chi connectivity index (χ1v) is 7.48. The molecule has 0 heterocycles. The van der Waals surface area contributed by atoms with Crippen molar-refractivity contribution >= 4 is 17.7 Å². The van der Waals surface area contributed by atoms with Crippen molar-refractivity contribution in [1.82, 2.24) is 5.32 Å². The van der Waals surface area contributed by atoms with Gasteiger partial charge in [-0.15, -0.1) is 0 Å². The first-order valence-electron chi connectivity index (χ1n) is 6.25. The SMILES string of the molecule is CSC1(CNC/C=C(/C)C(=O)O)CCCCC1. The average molecular weight is 257 g/mol. The molecule has 0 unspecified atom stereocenters. The number of hydrogen-bond acceptors (Lipinski definition) is 3.